The third-order valence-electron chi connectivity index (χ3n) is 18.8. The second-order valence-corrected chi connectivity index (χ2v) is 24.5. The number of hydrogen-bond acceptors (Lipinski definition) is 1. The van der Waals surface area contributed by atoms with Gasteiger partial charge in [0.05, 0.1) is 6.04 Å². The van der Waals surface area contributed by atoms with Gasteiger partial charge >= 0.3 is 0 Å². The molecule has 0 saturated carbocycles. The first-order valence-corrected chi connectivity index (χ1v) is 33.5. The Balaban J connectivity index is 0.000000131. The van der Waals surface area contributed by atoms with Gasteiger partial charge in [-0.3, -0.25) is 0 Å². The van der Waals surface area contributed by atoms with Gasteiger partial charge in [-0.05, 0) is 252 Å². The predicted molar refractivity (Wildman–Crippen MR) is 402 cm³/mol. The van der Waals surface area contributed by atoms with Gasteiger partial charge in [-0.2, -0.15) is 0 Å². The molecule has 0 aliphatic heterocycles. The van der Waals surface area contributed by atoms with Crippen molar-refractivity contribution >= 4 is 61.4 Å². The molecule has 458 valence electrons. The molecule has 11 aromatic rings. The van der Waals surface area contributed by atoms with E-state index in [0.29, 0.717) is 0 Å². The molecule has 1 heteroatoms. The summed E-state index contributed by atoms with van der Waals surface area (Å²) in [4.78, 5) is 2.37. The first-order chi connectivity index (χ1) is 44.4. The molecule has 0 N–H and O–H groups in total. The van der Waals surface area contributed by atoms with E-state index in [1.54, 1.807) is 0 Å². The third-order valence-corrected chi connectivity index (χ3v) is 18.8. The van der Waals surface area contributed by atoms with E-state index in [1.807, 2.05) is 33.8 Å². The molecule has 0 bridgehead atoms. The van der Waals surface area contributed by atoms with Crippen molar-refractivity contribution in [1.82, 2.24) is 0 Å². The normalized spacial score (nSPS) is 13.3. The van der Waals surface area contributed by atoms with Crippen LogP contribution < -0.4 is 4.90 Å². The Labute approximate surface area is 545 Å². The van der Waals surface area contributed by atoms with Gasteiger partial charge in [-0.25, -0.2) is 0 Å². The van der Waals surface area contributed by atoms with Gasteiger partial charge in [0, 0.05) is 11.4 Å². The summed E-state index contributed by atoms with van der Waals surface area (Å²) in [7, 11) is 0. The molecule has 0 radical (unpaired) electrons. The fourth-order valence-corrected chi connectivity index (χ4v) is 13.9. The van der Waals surface area contributed by atoms with E-state index >= 15 is 0 Å². The zero-order valence-corrected chi connectivity index (χ0v) is 56.3. The molecule has 0 spiro atoms. The zero-order valence-electron chi connectivity index (χ0n) is 56.3. The Morgan fingerprint density at radius 2 is 0.934 bits per heavy atom. The maximum absolute atomic E-state index is 3.82. The first-order valence-electron chi connectivity index (χ1n) is 33.5. The van der Waals surface area contributed by atoms with Crippen LogP contribution >= 0.6 is 0 Å². The second-order valence-electron chi connectivity index (χ2n) is 24.5. The molecule has 1 nitrogen and oxygen atoms in total. The highest BCUT2D eigenvalue weighted by Crippen LogP contribution is 2.45. The van der Waals surface area contributed by atoms with Gasteiger partial charge in [0.25, 0.3) is 0 Å². The summed E-state index contributed by atoms with van der Waals surface area (Å²) in [5, 5.41) is 8.14. The van der Waals surface area contributed by atoms with Gasteiger partial charge in [0.1, 0.15) is 0 Å². The summed E-state index contributed by atoms with van der Waals surface area (Å²) in [5.74, 6) is 0. The Morgan fingerprint density at radius 1 is 0.429 bits per heavy atom. The van der Waals surface area contributed by atoms with Gasteiger partial charge < -0.3 is 4.90 Å². The number of allylic oxidation sites excluding steroid dienone is 5. The highest BCUT2D eigenvalue weighted by atomic mass is 15.2. The molecule has 4 aliphatic carbocycles. The molecule has 0 aromatic heterocycles. The van der Waals surface area contributed by atoms with Gasteiger partial charge in [-0.15, -0.1) is 0 Å². The first kappa shape index (κ1) is 64.7. The second kappa shape index (κ2) is 30.0. The molecule has 15 rings (SSSR count). The lowest BCUT2D eigenvalue weighted by atomic mass is 9.81. The van der Waals surface area contributed by atoms with Crippen molar-refractivity contribution in [3.63, 3.8) is 0 Å². The molecule has 1 unspecified atom stereocenters. The molecule has 4 aliphatic rings. The maximum Gasteiger partial charge on any atom is 0.0523 e. The number of aryl methyl sites for hydroxylation is 7. The van der Waals surface area contributed by atoms with Crippen LogP contribution in [-0.2, 0) is 25.7 Å². The topological polar surface area (TPSA) is 3.24 Å². The molecule has 1 atom stereocenters. The fraction of sp³-hybridized carbons (Fsp3) is 0.222. The summed E-state index contributed by atoms with van der Waals surface area (Å²) in [6.45, 7) is 29.5. The lowest BCUT2D eigenvalue weighted by Gasteiger charge is -2.32. The summed E-state index contributed by atoms with van der Waals surface area (Å²) < 4.78 is 0. The SMILES string of the molecule is C=C/C=C(/C)C(C)N(c1ccc(C)cc1)c1ccc(C)cc1.CC.CC.CC1=C(c2ccc3ccccc3c2C)c2ccccc2CC1.Cc1ccc2c(c1-c1ccc3c(c1C)C=CCC3)C=CCC2.c1ccc2c3c(ccc2c1)-c1c(ccc2ccccc12)C3. The van der Waals surface area contributed by atoms with Crippen LogP contribution in [0.15, 0.2) is 248 Å². The van der Waals surface area contributed by atoms with Crippen molar-refractivity contribution in [3.05, 3.63) is 326 Å². The molecule has 11 aromatic carbocycles. The van der Waals surface area contributed by atoms with Crippen LogP contribution in [0.25, 0.3) is 72.3 Å². The Bertz CT molecular complexity index is 4470. The average Bonchev–Trinajstić information content (AvgIpc) is 1.68. The molecular weight excluding hydrogens is 1090 g/mol. The number of anilines is 2. The lowest BCUT2D eigenvalue weighted by Crippen LogP contribution is -2.29. The molecule has 0 fully saturated rings. The van der Waals surface area contributed by atoms with Crippen molar-refractivity contribution in [2.45, 2.75) is 134 Å². The van der Waals surface area contributed by atoms with E-state index < -0.39 is 0 Å². The summed E-state index contributed by atoms with van der Waals surface area (Å²) in [6, 6.07) is 75.6. The van der Waals surface area contributed by atoms with Crippen LogP contribution in [0.3, 0.4) is 0 Å². The van der Waals surface area contributed by atoms with Crippen LogP contribution in [0.2, 0.25) is 0 Å². The quantitative estimate of drug-likeness (QED) is 0.144. The zero-order chi connectivity index (χ0) is 64.1. The monoisotopic (exact) mass is 1190 g/mol. The van der Waals surface area contributed by atoms with E-state index in [2.05, 4.69) is 304 Å². The number of nitrogens with zero attached hydrogens (tertiary/aromatic N) is 1. The van der Waals surface area contributed by atoms with Crippen molar-refractivity contribution in [1.29, 1.82) is 0 Å². The lowest BCUT2D eigenvalue weighted by molar-refractivity contribution is 0.813. The summed E-state index contributed by atoms with van der Waals surface area (Å²) in [6.07, 6.45) is 21.3. The van der Waals surface area contributed by atoms with Crippen molar-refractivity contribution in [2.75, 3.05) is 4.90 Å². The standard InChI is InChI=1S/C22H22.C22H20.C21H25N.C21H14.2C2H6/c2*1-15-11-12-18-8-4-6-10-21(18)22(15)20-14-13-17-7-3-5-9-19(17)16(20)2;1-6-7-18(4)19(5)22(20-12-8-16(2)9-13-20)21-14-10-17(3)11-15-21;1-3-7-17-14(5-1)11-12-19-20(17)13-16-10-9-15-6-2-4-8-18(15)21(16)19;2*1-2/h5-6,9-14H,3-4,7-8H2,1-2H3;3-10,13-14H,11-12H2,1-2H3;6-15,19H,1H2,2-5H3;1-12H,13H2;2*1-2H3/b;;18-7-;;;. The minimum Gasteiger partial charge on any atom is -0.335 e. The Hall–Kier alpha value is -9.30. The van der Waals surface area contributed by atoms with E-state index in [4.69, 9.17) is 0 Å². The Kier molecular flexibility index (Phi) is 21.3. The smallest absolute Gasteiger partial charge is 0.0523 e. The van der Waals surface area contributed by atoms with E-state index in [-0.39, 0.29) is 6.04 Å². The summed E-state index contributed by atoms with van der Waals surface area (Å²) in [5.41, 5.74) is 32.2. The van der Waals surface area contributed by atoms with Crippen molar-refractivity contribution < 1.29 is 0 Å². The molecule has 0 saturated heterocycles. The predicted octanol–water partition coefficient (Wildman–Crippen LogP) is 25.4. The average molecular weight is 1190 g/mol. The van der Waals surface area contributed by atoms with Crippen molar-refractivity contribution in [2.24, 2.45) is 0 Å². The molecule has 0 amide bonds. The fourth-order valence-electron chi connectivity index (χ4n) is 13.9. The molecular formula is C90H93N. The number of rotatable bonds is 7. The molecule has 0 heterocycles. The molecule has 91 heavy (non-hydrogen) atoms. The summed E-state index contributed by atoms with van der Waals surface area (Å²) >= 11 is 0. The maximum atomic E-state index is 3.82. The van der Waals surface area contributed by atoms with Crippen LogP contribution in [0.4, 0.5) is 11.4 Å². The van der Waals surface area contributed by atoms with Crippen LogP contribution in [0.1, 0.15) is 146 Å². The Morgan fingerprint density at radius 3 is 1.58 bits per heavy atom. The van der Waals surface area contributed by atoms with E-state index in [9.17, 15) is 0 Å². The van der Waals surface area contributed by atoms with Crippen molar-refractivity contribution in [3.8, 4) is 22.3 Å². The number of benzene rings is 11. The van der Waals surface area contributed by atoms with Crippen LogP contribution in [0, 0.1) is 34.6 Å². The van der Waals surface area contributed by atoms with E-state index in [1.165, 1.54) is 193 Å². The van der Waals surface area contributed by atoms with Gasteiger partial charge in [0.15, 0.2) is 0 Å². The van der Waals surface area contributed by atoms with Crippen LogP contribution in [-0.4, -0.2) is 6.04 Å². The minimum atomic E-state index is 0.267. The largest absolute Gasteiger partial charge is 0.335 e. The minimum absolute atomic E-state index is 0.267. The van der Waals surface area contributed by atoms with Gasteiger partial charge in [0.2, 0.25) is 0 Å². The van der Waals surface area contributed by atoms with E-state index in [0.717, 1.165) is 12.8 Å². The van der Waals surface area contributed by atoms with Gasteiger partial charge in [-0.1, -0.05) is 275 Å². The highest BCUT2D eigenvalue weighted by Gasteiger charge is 2.24. The third kappa shape index (κ3) is 13.9. The van der Waals surface area contributed by atoms with Crippen LogP contribution in [0.5, 0.6) is 0 Å². The number of hydrogen-bond donors (Lipinski definition) is 0. The number of fused-ring (bicyclic) bond motifs is 11. The highest BCUT2D eigenvalue weighted by molar-refractivity contribution is 6.05.